The van der Waals surface area contributed by atoms with Crippen molar-refractivity contribution in [3.63, 3.8) is 0 Å². The number of rotatable bonds is 5. The van der Waals surface area contributed by atoms with Crippen LogP contribution >= 0.6 is 0 Å². The maximum absolute atomic E-state index is 11.0. The maximum Gasteiger partial charge on any atom is 0.307 e. The van der Waals surface area contributed by atoms with Gasteiger partial charge < -0.3 is 5.11 Å². The van der Waals surface area contributed by atoms with Crippen molar-refractivity contribution >= 4 is 5.97 Å². The molecule has 0 bridgehead atoms. The van der Waals surface area contributed by atoms with Crippen LogP contribution < -0.4 is 0 Å². The minimum atomic E-state index is -0.682. The predicted octanol–water partition coefficient (Wildman–Crippen LogP) is 2.61. The molecule has 0 radical (unpaired) electrons. The smallest absolute Gasteiger partial charge is 0.307 e. The minimum absolute atomic E-state index is 0.150. The molecule has 0 aliphatic carbocycles. The molecule has 0 aromatic carbocycles. The Morgan fingerprint density at radius 3 is 2.31 bits per heavy atom. The van der Waals surface area contributed by atoms with Gasteiger partial charge >= 0.3 is 5.97 Å². The normalized spacial score (nSPS) is 24.2. The fourth-order valence-corrected chi connectivity index (χ4v) is 2.67. The monoisotopic (exact) mass is 227 g/mol. The third-order valence-electron chi connectivity index (χ3n) is 4.66. The Kier molecular flexibility index (Phi) is 4.36. The van der Waals surface area contributed by atoms with Gasteiger partial charge in [-0.1, -0.05) is 20.8 Å². The lowest BCUT2D eigenvalue weighted by Crippen LogP contribution is -2.40. The van der Waals surface area contributed by atoms with Gasteiger partial charge in [0, 0.05) is 12.6 Å². The van der Waals surface area contributed by atoms with E-state index in [1.807, 2.05) is 13.8 Å². The van der Waals surface area contributed by atoms with Crippen molar-refractivity contribution in [1.29, 1.82) is 0 Å². The second-order valence-corrected chi connectivity index (χ2v) is 5.30. The largest absolute Gasteiger partial charge is 0.481 e. The molecule has 0 aromatic heterocycles. The summed E-state index contributed by atoms with van der Waals surface area (Å²) in [5.74, 6) is -0.956. The second-order valence-electron chi connectivity index (χ2n) is 5.30. The first-order chi connectivity index (χ1) is 7.45. The average molecular weight is 227 g/mol. The summed E-state index contributed by atoms with van der Waals surface area (Å²) in [4.78, 5) is 13.3. The lowest BCUT2D eigenvalue weighted by atomic mass is 9.82. The van der Waals surface area contributed by atoms with Gasteiger partial charge in [-0.25, -0.2) is 0 Å². The molecule has 16 heavy (non-hydrogen) atoms. The Hall–Kier alpha value is -0.570. The zero-order chi connectivity index (χ0) is 12.3. The van der Waals surface area contributed by atoms with E-state index in [0.29, 0.717) is 5.41 Å². The molecule has 1 aliphatic rings. The molecule has 1 rings (SSSR count). The highest BCUT2D eigenvalue weighted by Gasteiger charge is 2.38. The number of aliphatic carboxylic acids is 1. The van der Waals surface area contributed by atoms with Gasteiger partial charge in [0.2, 0.25) is 0 Å². The van der Waals surface area contributed by atoms with E-state index in [1.54, 1.807) is 0 Å². The standard InChI is InChI=1S/C13H25NO2/c1-5-13(6-2)7-8-14(9-13)11(4)10(3)12(15)16/h10-11H,5-9H2,1-4H3,(H,15,16). The number of nitrogens with zero attached hydrogens (tertiary/aromatic N) is 1. The summed E-state index contributed by atoms with van der Waals surface area (Å²) in [5, 5.41) is 9.03. The van der Waals surface area contributed by atoms with Crippen molar-refractivity contribution in [3.05, 3.63) is 0 Å². The van der Waals surface area contributed by atoms with Crippen LogP contribution in [-0.2, 0) is 4.79 Å². The fraction of sp³-hybridized carbons (Fsp3) is 0.923. The Bertz CT molecular complexity index is 248. The third-order valence-corrected chi connectivity index (χ3v) is 4.66. The fourth-order valence-electron chi connectivity index (χ4n) is 2.67. The number of carbonyl (C=O) groups is 1. The molecule has 1 heterocycles. The molecule has 1 N–H and O–H groups in total. The van der Waals surface area contributed by atoms with Crippen LogP contribution in [0.2, 0.25) is 0 Å². The van der Waals surface area contributed by atoms with Gasteiger partial charge in [-0.05, 0) is 38.1 Å². The molecule has 0 amide bonds. The van der Waals surface area contributed by atoms with Gasteiger partial charge in [0.15, 0.2) is 0 Å². The van der Waals surface area contributed by atoms with Crippen LogP contribution in [0, 0.1) is 11.3 Å². The van der Waals surface area contributed by atoms with E-state index in [9.17, 15) is 4.79 Å². The number of carboxylic acid groups (broad SMARTS) is 1. The van der Waals surface area contributed by atoms with Crippen molar-refractivity contribution in [3.8, 4) is 0 Å². The lowest BCUT2D eigenvalue weighted by molar-refractivity contribution is -0.143. The first kappa shape index (κ1) is 13.5. The van der Waals surface area contributed by atoms with Crippen LogP contribution in [0.4, 0.5) is 0 Å². The van der Waals surface area contributed by atoms with Crippen molar-refractivity contribution in [2.24, 2.45) is 11.3 Å². The Morgan fingerprint density at radius 2 is 1.94 bits per heavy atom. The molecule has 0 saturated carbocycles. The van der Waals surface area contributed by atoms with Gasteiger partial charge in [-0.3, -0.25) is 9.69 Å². The molecule has 1 fully saturated rings. The zero-order valence-corrected chi connectivity index (χ0v) is 11.0. The van der Waals surface area contributed by atoms with E-state index < -0.39 is 5.97 Å². The summed E-state index contributed by atoms with van der Waals surface area (Å²) >= 11 is 0. The van der Waals surface area contributed by atoms with Crippen LogP contribution in [0.1, 0.15) is 47.0 Å². The first-order valence-electron chi connectivity index (χ1n) is 6.42. The Labute approximate surface area is 98.8 Å². The van der Waals surface area contributed by atoms with Gasteiger partial charge in [-0.2, -0.15) is 0 Å². The van der Waals surface area contributed by atoms with E-state index in [-0.39, 0.29) is 12.0 Å². The van der Waals surface area contributed by atoms with E-state index in [0.717, 1.165) is 13.1 Å². The molecule has 1 aliphatic heterocycles. The maximum atomic E-state index is 11.0. The van der Waals surface area contributed by atoms with Gasteiger partial charge in [0.1, 0.15) is 0 Å². The molecule has 3 nitrogen and oxygen atoms in total. The average Bonchev–Trinajstić information content (AvgIpc) is 2.72. The molecular weight excluding hydrogens is 202 g/mol. The number of carboxylic acids is 1. The summed E-state index contributed by atoms with van der Waals surface area (Å²) in [6.45, 7) is 10.5. The Morgan fingerprint density at radius 1 is 1.38 bits per heavy atom. The first-order valence-corrected chi connectivity index (χ1v) is 6.42. The summed E-state index contributed by atoms with van der Waals surface area (Å²) in [7, 11) is 0. The van der Waals surface area contributed by atoms with E-state index in [4.69, 9.17) is 5.11 Å². The molecule has 2 unspecified atom stereocenters. The third kappa shape index (κ3) is 2.57. The number of hydrogen-bond donors (Lipinski definition) is 1. The molecule has 3 heteroatoms. The molecule has 1 saturated heterocycles. The number of likely N-dealkylation sites (tertiary alicyclic amines) is 1. The van der Waals surface area contributed by atoms with Gasteiger partial charge in [0.25, 0.3) is 0 Å². The highest BCUT2D eigenvalue weighted by Crippen LogP contribution is 2.38. The van der Waals surface area contributed by atoms with E-state index in [2.05, 4.69) is 18.7 Å². The van der Waals surface area contributed by atoms with Crippen molar-refractivity contribution in [2.45, 2.75) is 53.0 Å². The van der Waals surface area contributed by atoms with Gasteiger partial charge in [0.05, 0.1) is 5.92 Å². The molecular formula is C13H25NO2. The lowest BCUT2D eigenvalue weighted by Gasteiger charge is -2.31. The highest BCUT2D eigenvalue weighted by atomic mass is 16.4. The van der Waals surface area contributed by atoms with Gasteiger partial charge in [-0.15, -0.1) is 0 Å². The van der Waals surface area contributed by atoms with Crippen LogP contribution in [0.15, 0.2) is 0 Å². The topological polar surface area (TPSA) is 40.5 Å². The van der Waals surface area contributed by atoms with Crippen LogP contribution in [0.25, 0.3) is 0 Å². The van der Waals surface area contributed by atoms with Crippen LogP contribution in [0.5, 0.6) is 0 Å². The minimum Gasteiger partial charge on any atom is -0.481 e. The molecule has 0 spiro atoms. The summed E-state index contributed by atoms with van der Waals surface area (Å²) < 4.78 is 0. The van der Waals surface area contributed by atoms with Crippen LogP contribution in [-0.4, -0.2) is 35.1 Å². The number of hydrogen-bond acceptors (Lipinski definition) is 2. The Balaban J connectivity index is 2.62. The SMILES string of the molecule is CCC1(CC)CCN(C(C)C(C)C(=O)O)C1. The van der Waals surface area contributed by atoms with Crippen molar-refractivity contribution in [2.75, 3.05) is 13.1 Å². The highest BCUT2D eigenvalue weighted by molar-refractivity contribution is 5.70. The second kappa shape index (κ2) is 5.17. The van der Waals surface area contributed by atoms with Crippen LogP contribution in [0.3, 0.4) is 0 Å². The predicted molar refractivity (Wildman–Crippen MR) is 65.5 cm³/mol. The summed E-state index contributed by atoms with van der Waals surface area (Å²) in [5.41, 5.74) is 0.437. The van der Waals surface area contributed by atoms with E-state index >= 15 is 0 Å². The van der Waals surface area contributed by atoms with Crippen molar-refractivity contribution < 1.29 is 9.90 Å². The quantitative estimate of drug-likeness (QED) is 0.785. The zero-order valence-electron chi connectivity index (χ0n) is 11.0. The van der Waals surface area contributed by atoms with E-state index in [1.165, 1.54) is 19.3 Å². The summed E-state index contributed by atoms with van der Waals surface area (Å²) in [6, 6.07) is 0.150. The molecule has 2 atom stereocenters. The van der Waals surface area contributed by atoms with Crippen molar-refractivity contribution in [1.82, 2.24) is 4.90 Å². The molecule has 0 aromatic rings. The molecule has 94 valence electrons. The summed E-state index contributed by atoms with van der Waals surface area (Å²) in [6.07, 6.45) is 3.62.